The van der Waals surface area contributed by atoms with Crippen molar-refractivity contribution in [3.05, 3.63) is 12.2 Å². The molecule has 0 aromatic heterocycles. The molecule has 0 saturated heterocycles. The van der Waals surface area contributed by atoms with Crippen molar-refractivity contribution in [2.75, 3.05) is 0 Å². The first-order valence-corrected chi connectivity index (χ1v) is 9.99. The van der Waals surface area contributed by atoms with E-state index in [4.69, 9.17) is 0 Å². The van der Waals surface area contributed by atoms with Crippen molar-refractivity contribution in [2.24, 2.45) is 39.4 Å². The van der Waals surface area contributed by atoms with E-state index in [-0.39, 0.29) is 27.8 Å². The van der Waals surface area contributed by atoms with Gasteiger partial charge in [-0.3, -0.25) is 4.79 Å². The molecule has 0 aliphatic heterocycles. The van der Waals surface area contributed by atoms with Crippen LogP contribution in [0.4, 0.5) is 0 Å². The largest absolute Gasteiger partial charge is 0.393 e. The molecule has 0 unspecified atom stereocenters. The number of carbonyl (C=O) groups is 1. The highest BCUT2D eigenvalue weighted by Gasteiger charge is 2.66. The zero-order valence-corrected chi connectivity index (χ0v) is 16.1. The number of aliphatic hydroxyl groups is 1. The van der Waals surface area contributed by atoms with Gasteiger partial charge in [-0.15, -0.1) is 0 Å². The van der Waals surface area contributed by atoms with Gasteiger partial charge in [0.05, 0.1) is 6.10 Å². The summed E-state index contributed by atoms with van der Waals surface area (Å²) in [6.07, 6.45) is 10.9. The van der Waals surface area contributed by atoms with Crippen LogP contribution in [0.5, 0.6) is 0 Å². The molecule has 0 aromatic carbocycles. The lowest BCUT2D eigenvalue weighted by molar-refractivity contribution is -0.163. The lowest BCUT2D eigenvalue weighted by atomic mass is 9.40. The summed E-state index contributed by atoms with van der Waals surface area (Å²) in [6.45, 7) is 11.6. The van der Waals surface area contributed by atoms with E-state index in [0.717, 1.165) is 19.3 Å². The monoisotopic (exact) mass is 330 g/mol. The third-order valence-corrected chi connectivity index (χ3v) is 9.67. The highest BCUT2D eigenvalue weighted by molar-refractivity contribution is 5.95. The molecule has 4 rings (SSSR count). The van der Waals surface area contributed by atoms with E-state index >= 15 is 0 Å². The van der Waals surface area contributed by atoms with Crippen molar-refractivity contribution in [1.82, 2.24) is 0 Å². The van der Waals surface area contributed by atoms with Gasteiger partial charge < -0.3 is 5.11 Å². The third kappa shape index (κ3) is 1.74. The maximum atomic E-state index is 12.5. The Labute approximate surface area is 147 Å². The van der Waals surface area contributed by atoms with Gasteiger partial charge in [-0.1, -0.05) is 40.7 Å². The molecule has 24 heavy (non-hydrogen) atoms. The molecule has 0 aromatic rings. The van der Waals surface area contributed by atoms with Crippen LogP contribution in [0.1, 0.15) is 73.1 Å². The second-order valence-corrected chi connectivity index (χ2v) is 10.6. The minimum absolute atomic E-state index is 0.0844. The summed E-state index contributed by atoms with van der Waals surface area (Å²) in [5.41, 5.74) is 0.243. The fraction of sp³-hybridized carbons (Fsp3) is 0.864. The van der Waals surface area contributed by atoms with Gasteiger partial charge in [-0.05, 0) is 78.6 Å². The summed E-state index contributed by atoms with van der Waals surface area (Å²) in [5.74, 6) is 2.11. The Kier molecular flexibility index (Phi) is 3.33. The number of carbonyl (C=O) groups excluding carboxylic acids is 1. The first-order valence-electron chi connectivity index (χ1n) is 9.99. The minimum Gasteiger partial charge on any atom is -0.393 e. The molecule has 2 heteroatoms. The number of allylic oxidation sites excluding steroid dienone is 2. The van der Waals surface area contributed by atoms with Crippen LogP contribution in [0.15, 0.2) is 12.2 Å². The van der Waals surface area contributed by atoms with Crippen molar-refractivity contribution in [3.8, 4) is 0 Å². The Morgan fingerprint density at radius 1 is 0.917 bits per heavy atom. The van der Waals surface area contributed by atoms with Crippen molar-refractivity contribution in [2.45, 2.75) is 79.2 Å². The summed E-state index contributed by atoms with van der Waals surface area (Å²) < 4.78 is 0. The molecule has 0 heterocycles. The Morgan fingerprint density at radius 3 is 2.29 bits per heavy atom. The maximum absolute atomic E-state index is 12.5. The number of hydrogen-bond acceptors (Lipinski definition) is 2. The van der Waals surface area contributed by atoms with Gasteiger partial charge in [0.2, 0.25) is 0 Å². The average molecular weight is 331 g/mol. The number of hydrogen-bond donors (Lipinski definition) is 1. The van der Waals surface area contributed by atoms with Gasteiger partial charge in [0.15, 0.2) is 5.78 Å². The molecular formula is C22H34O2. The predicted octanol–water partition coefficient (Wildman–Crippen LogP) is 4.76. The number of ketones is 1. The fourth-order valence-corrected chi connectivity index (χ4v) is 7.78. The lowest BCUT2D eigenvalue weighted by Gasteiger charge is -2.64. The summed E-state index contributed by atoms with van der Waals surface area (Å²) in [4.78, 5) is 12.5. The molecule has 2 nitrogen and oxygen atoms in total. The van der Waals surface area contributed by atoms with Crippen LogP contribution in [-0.4, -0.2) is 17.0 Å². The van der Waals surface area contributed by atoms with Crippen LogP contribution in [0.3, 0.4) is 0 Å². The van der Waals surface area contributed by atoms with Crippen LogP contribution in [0.25, 0.3) is 0 Å². The zero-order chi connectivity index (χ0) is 17.5. The van der Waals surface area contributed by atoms with Gasteiger partial charge in [-0.2, -0.15) is 0 Å². The minimum atomic E-state index is -0.231. The molecule has 0 amide bonds. The third-order valence-electron chi connectivity index (χ3n) is 9.67. The van der Waals surface area contributed by atoms with Crippen LogP contribution in [0, 0.1) is 39.4 Å². The smallest absolute Gasteiger partial charge is 0.161 e. The number of fused-ring (bicyclic) bond motifs is 5. The number of rotatable bonds is 0. The summed E-state index contributed by atoms with van der Waals surface area (Å²) in [6, 6.07) is 0. The van der Waals surface area contributed by atoms with E-state index in [1.165, 1.54) is 19.3 Å². The maximum Gasteiger partial charge on any atom is 0.161 e. The van der Waals surface area contributed by atoms with Crippen molar-refractivity contribution < 1.29 is 9.90 Å². The van der Waals surface area contributed by atoms with Crippen LogP contribution < -0.4 is 0 Å². The molecule has 7 atom stereocenters. The van der Waals surface area contributed by atoms with Crippen molar-refractivity contribution in [1.29, 1.82) is 0 Å². The molecule has 3 fully saturated rings. The lowest BCUT2D eigenvalue weighted by Crippen LogP contribution is -2.60. The average Bonchev–Trinajstić information content (AvgIpc) is 2.76. The molecule has 1 N–H and O–H groups in total. The van der Waals surface area contributed by atoms with Crippen LogP contribution in [-0.2, 0) is 4.79 Å². The van der Waals surface area contributed by atoms with Gasteiger partial charge >= 0.3 is 0 Å². The predicted molar refractivity (Wildman–Crippen MR) is 96.4 cm³/mol. The zero-order valence-electron chi connectivity index (χ0n) is 16.1. The molecule has 4 aliphatic rings. The van der Waals surface area contributed by atoms with E-state index in [0.29, 0.717) is 23.5 Å². The van der Waals surface area contributed by atoms with Crippen LogP contribution in [0.2, 0.25) is 0 Å². The first-order chi connectivity index (χ1) is 11.1. The quantitative estimate of drug-likeness (QED) is 0.695. The summed E-state index contributed by atoms with van der Waals surface area (Å²) in [5, 5.41) is 10.7. The number of aliphatic hydroxyl groups excluding tert-OH is 1. The first kappa shape index (κ1) is 16.8. The van der Waals surface area contributed by atoms with Crippen LogP contribution >= 0.6 is 0 Å². The SMILES string of the molecule is CC1(C)C(=O)C=C[C@@]2(C)[C@@H]1CC[C@@H]1[C@@H]2CC[C@]2(C)[C@@H](O)CC[C@@]12C. The molecule has 4 aliphatic carbocycles. The molecule has 3 saturated carbocycles. The Morgan fingerprint density at radius 2 is 1.58 bits per heavy atom. The van der Waals surface area contributed by atoms with E-state index < -0.39 is 0 Å². The highest BCUT2D eigenvalue weighted by Crippen LogP contribution is 2.71. The van der Waals surface area contributed by atoms with Gasteiger partial charge in [0.25, 0.3) is 0 Å². The standard InChI is InChI=1S/C22H34O2/c1-19(2)16-7-6-15-14(20(16,3)11-9-17(19)23)8-12-22(5)18(24)10-13-21(15,22)4/h9,11,14-16,18,24H,6-8,10,12-13H2,1-5H3/t14-,15+,16+,18-,20+,21-,22+/m0/s1. The van der Waals surface area contributed by atoms with E-state index in [2.05, 4.69) is 40.7 Å². The topological polar surface area (TPSA) is 37.3 Å². The Bertz CT molecular complexity index is 605. The molecular weight excluding hydrogens is 296 g/mol. The van der Waals surface area contributed by atoms with E-state index in [1.807, 2.05) is 6.08 Å². The Balaban J connectivity index is 1.77. The molecule has 0 bridgehead atoms. The van der Waals surface area contributed by atoms with Gasteiger partial charge in [0, 0.05) is 5.41 Å². The summed E-state index contributed by atoms with van der Waals surface area (Å²) in [7, 11) is 0. The van der Waals surface area contributed by atoms with Crippen molar-refractivity contribution >= 4 is 5.78 Å². The van der Waals surface area contributed by atoms with E-state index in [1.54, 1.807) is 0 Å². The summed E-state index contributed by atoms with van der Waals surface area (Å²) >= 11 is 0. The molecule has 0 radical (unpaired) electrons. The second-order valence-electron chi connectivity index (χ2n) is 10.6. The van der Waals surface area contributed by atoms with E-state index in [9.17, 15) is 9.90 Å². The fourth-order valence-electron chi connectivity index (χ4n) is 7.78. The van der Waals surface area contributed by atoms with Crippen molar-refractivity contribution in [3.63, 3.8) is 0 Å². The molecule has 0 spiro atoms. The second kappa shape index (κ2) is 4.75. The molecule has 134 valence electrons. The Hall–Kier alpha value is -0.630. The van der Waals surface area contributed by atoms with Gasteiger partial charge in [-0.25, -0.2) is 0 Å². The highest BCUT2D eigenvalue weighted by atomic mass is 16.3. The van der Waals surface area contributed by atoms with Gasteiger partial charge in [0.1, 0.15) is 0 Å². The normalized spacial score (nSPS) is 55.7.